The number of carbonyl (C=O) groups excluding carboxylic acids is 1. The lowest BCUT2D eigenvalue weighted by atomic mass is 9.78. The van der Waals surface area contributed by atoms with Crippen molar-refractivity contribution in [2.45, 2.75) is 52.0 Å². The maximum Gasteiger partial charge on any atom is 0.224 e. The topological polar surface area (TPSA) is 55.1 Å². The molecule has 0 bridgehead atoms. The summed E-state index contributed by atoms with van der Waals surface area (Å²) in [6.45, 7) is 6.48. The summed E-state index contributed by atoms with van der Waals surface area (Å²) in [5.41, 5.74) is 5.51. The molecule has 1 saturated carbocycles. The van der Waals surface area contributed by atoms with Gasteiger partial charge in [-0.1, -0.05) is 19.3 Å². The Labute approximate surface area is 92.8 Å². The van der Waals surface area contributed by atoms with Crippen molar-refractivity contribution in [2.75, 3.05) is 6.54 Å². The van der Waals surface area contributed by atoms with Crippen molar-refractivity contribution in [3.63, 3.8) is 0 Å². The lowest BCUT2D eigenvalue weighted by molar-refractivity contribution is -0.126. The lowest BCUT2D eigenvalue weighted by Crippen LogP contribution is -2.46. The summed E-state index contributed by atoms with van der Waals surface area (Å²) in [6, 6.07) is 0. The molecule has 0 saturated heterocycles. The first kappa shape index (κ1) is 12.5. The lowest BCUT2D eigenvalue weighted by Gasteiger charge is -2.30. The van der Waals surface area contributed by atoms with Crippen molar-refractivity contribution < 1.29 is 4.79 Å². The molecule has 0 aromatic rings. The number of hydrogen-bond acceptors (Lipinski definition) is 2. The van der Waals surface area contributed by atoms with Crippen LogP contribution in [0.1, 0.15) is 46.5 Å². The minimum absolute atomic E-state index is 0.00882. The Hall–Kier alpha value is -0.570. The van der Waals surface area contributed by atoms with Gasteiger partial charge >= 0.3 is 0 Å². The standard InChI is InChI=1S/C12H24N2O/c1-12(2,3)14-11(15)10(8-13)7-9-5-4-6-9/h9-10H,4-8,13H2,1-3H3,(H,14,15). The molecule has 1 amide bonds. The average molecular weight is 212 g/mol. The second kappa shape index (κ2) is 4.97. The van der Waals surface area contributed by atoms with Crippen molar-refractivity contribution in [3.8, 4) is 0 Å². The zero-order valence-electron chi connectivity index (χ0n) is 10.2. The van der Waals surface area contributed by atoms with E-state index in [-0.39, 0.29) is 17.4 Å². The molecule has 0 aromatic carbocycles. The van der Waals surface area contributed by atoms with Gasteiger partial charge in [-0.3, -0.25) is 4.79 Å². The van der Waals surface area contributed by atoms with E-state index in [9.17, 15) is 4.79 Å². The summed E-state index contributed by atoms with van der Waals surface area (Å²) in [5.74, 6) is 0.871. The largest absolute Gasteiger partial charge is 0.351 e. The molecular formula is C12H24N2O. The van der Waals surface area contributed by atoms with Crippen LogP contribution in [0.3, 0.4) is 0 Å². The van der Waals surface area contributed by atoms with E-state index < -0.39 is 0 Å². The fourth-order valence-electron chi connectivity index (χ4n) is 1.91. The molecule has 1 aliphatic rings. The molecule has 0 spiro atoms. The summed E-state index contributed by atoms with van der Waals surface area (Å²) >= 11 is 0. The number of hydrogen-bond donors (Lipinski definition) is 2. The highest BCUT2D eigenvalue weighted by Gasteiger charge is 2.27. The molecule has 1 fully saturated rings. The van der Waals surface area contributed by atoms with Crippen molar-refractivity contribution in [3.05, 3.63) is 0 Å². The summed E-state index contributed by atoms with van der Waals surface area (Å²) in [6.07, 6.45) is 4.85. The van der Waals surface area contributed by atoms with Crippen LogP contribution in [0.5, 0.6) is 0 Å². The Balaban J connectivity index is 2.39. The average Bonchev–Trinajstić information content (AvgIpc) is 1.98. The van der Waals surface area contributed by atoms with Crippen LogP contribution in [0.25, 0.3) is 0 Å². The Morgan fingerprint density at radius 2 is 2.07 bits per heavy atom. The van der Waals surface area contributed by atoms with E-state index in [1.54, 1.807) is 0 Å². The highest BCUT2D eigenvalue weighted by atomic mass is 16.2. The van der Waals surface area contributed by atoms with Gasteiger partial charge in [-0.15, -0.1) is 0 Å². The van der Waals surface area contributed by atoms with Crippen LogP contribution in [0.4, 0.5) is 0 Å². The number of rotatable bonds is 4. The molecule has 15 heavy (non-hydrogen) atoms. The number of amides is 1. The summed E-state index contributed by atoms with van der Waals surface area (Å²) in [5, 5.41) is 3.00. The van der Waals surface area contributed by atoms with Crippen molar-refractivity contribution >= 4 is 5.91 Å². The smallest absolute Gasteiger partial charge is 0.224 e. The predicted octanol–water partition coefficient (Wildman–Crippen LogP) is 1.67. The second-order valence-corrected chi connectivity index (χ2v) is 5.70. The minimum Gasteiger partial charge on any atom is -0.351 e. The van der Waals surface area contributed by atoms with E-state index in [0.29, 0.717) is 6.54 Å². The van der Waals surface area contributed by atoms with Gasteiger partial charge in [0.05, 0.1) is 5.92 Å². The van der Waals surface area contributed by atoms with Crippen molar-refractivity contribution in [1.29, 1.82) is 0 Å². The quantitative estimate of drug-likeness (QED) is 0.744. The molecule has 1 unspecified atom stereocenters. The maximum absolute atomic E-state index is 11.9. The second-order valence-electron chi connectivity index (χ2n) is 5.70. The van der Waals surface area contributed by atoms with Crippen LogP contribution >= 0.6 is 0 Å². The minimum atomic E-state index is -0.149. The summed E-state index contributed by atoms with van der Waals surface area (Å²) in [4.78, 5) is 11.9. The van der Waals surface area contributed by atoms with E-state index in [0.717, 1.165) is 12.3 Å². The normalized spacial score (nSPS) is 19.5. The third kappa shape index (κ3) is 4.20. The number of nitrogens with one attached hydrogen (secondary N) is 1. The van der Waals surface area contributed by atoms with Gasteiger partial charge in [0.15, 0.2) is 0 Å². The molecule has 0 radical (unpaired) electrons. The van der Waals surface area contributed by atoms with Crippen LogP contribution in [-0.4, -0.2) is 18.0 Å². The van der Waals surface area contributed by atoms with E-state index >= 15 is 0 Å². The molecule has 1 aliphatic carbocycles. The molecule has 3 heteroatoms. The molecule has 88 valence electrons. The van der Waals surface area contributed by atoms with Gasteiger partial charge in [-0.25, -0.2) is 0 Å². The van der Waals surface area contributed by atoms with Gasteiger partial charge in [-0.2, -0.15) is 0 Å². The molecule has 0 aliphatic heterocycles. The van der Waals surface area contributed by atoms with Crippen LogP contribution in [-0.2, 0) is 4.79 Å². The molecule has 0 aromatic heterocycles. The third-order valence-corrected chi connectivity index (χ3v) is 3.00. The zero-order chi connectivity index (χ0) is 11.5. The Morgan fingerprint density at radius 1 is 1.47 bits per heavy atom. The molecule has 3 nitrogen and oxygen atoms in total. The highest BCUT2D eigenvalue weighted by Crippen LogP contribution is 2.32. The molecule has 0 heterocycles. The SMILES string of the molecule is CC(C)(C)NC(=O)C(CN)CC1CCC1. The van der Waals surface area contributed by atoms with Gasteiger partial charge in [0.2, 0.25) is 5.91 Å². The third-order valence-electron chi connectivity index (χ3n) is 3.00. The molecule has 1 atom stereocenters. The van der Waals surface area contributed by atoms with E-state index in [1.807, 2.05) is 20.8 Å². The first-order valence-electron chi connectivity index (χ1n) is 5.94. The number of carbonyl (C=O) groups is 1. The first-order valence-corrected chi connectivity index (χ1v) is 5.94. The van der Waals surface area contributed by atoms with Crippen LogP contribution in [0, 0.1) is 11.8 Å². The fourth-order valence-corrected chi connectivity index (χ4v) is 1.91. The van der Waals surface area contributed by atoms with E-state index in [2.05, 4.69) is 5.32 Å². The van der Waals surface area contributed by atoms with Gasteiger partial charge in [0, 0.05) is 12.1 Å². The van der Waals surface area contributed by atoms with Crippen molar-refractivity contribution in [1.82, 2.24) is 5.32 Å². The van der Waals surface area contributed by atoms with Crippen molar-refractivity contribution in [2.24, 2.45) is 17.6 Å². The van der Waals surface area contributed by atoms with Gasteiger partial charge in [0.25, 0.3) is 0 Å². The van der Waals surface area contributed by atoms with Crippen LogP contribution in [0.2, 0.25) is 0 Å². The monoisotopic (exact) mass is 212 g/mol. The van der Waals surface area contributed by atoms with E-state index in [4.69, 9.17) is 5.73 Å². The fraction of sp³-hybridized carbons (Fsp3) is 0.917. The maximum atomic E-state index is 11.9. The van der Waals surface area contributed by atoms with Gasteiger partial charge in [-0.05, 0) is 33.1 Å². The first-order chi connectivity index (χ1) is 6.92. The molecule has 1 rings (SSSR count). The Morgan fingerprint density at radius 3 is 2.40 bits per heavy atom. The van der Waals surface area contributed by atoms with Crippen LogP contribution in [0.15, 0.2) is 0 Å². The Kier molecular flexibility index (Phi) is 4.14. The molecule has 3 N–H and O–H groups in total. The number of nitrogens with two attached hydrogens (primary N) is 1. The van der Waals surface area contributed by atoms with E-state index in [1.165, 1.54) is 19.3 Å². The summed E-state index contributed by atoms with van der Waals surface area (Å²) in [7, 11) is 0. The highest BCUT2D eigenvalue weighted by molar-refractivity contribution is 5.79. The summed E-state index contributed by atoms with van der Waals surface area (Å²) < 4.78 is 0. The van der Waals surface area contributed by atoms with Gasteiger partial charge < -0.3 is 11.1 Å². The predicted molar refractivity (Wildman–Crippen MR) is 62.4 cm³/mol. The Bertz CT molecular complexity index is 216. The van der Waals surface area contributed by atoms with Crippen LogP contribution < -0.4 is 11.1 Å². The zero-order valence-corrected chi connectivity index (χ0v) is 10.2. The van der Waals surface area contributed by atoms with Gasteiger partial charge in [0.1, 0.15) is 0 Å². The molecular weight excluding hydrogens is 188 g/mol.